The van der Waals surface area contributed by atoms with Crippen LogP contribution in [0.25, 0.3) is 0 Å². The van der Waals surface area contributed by atoms with Gasteiger partial charge >= 0.3 is 38.3 Å². The predicted molar refractivity (Wildman–Crippen MR) is 47.8 cm³/mol. The molecular weight excluding hydrogens is 276 g/mol. The molecule has 0 bridgehead atoms. The average Bonchev–Trinajstić information content (AvgIpc) is 2.11. The Hall–Kier alpha value is -0.623. The third-order valence-electron chi connectivity index (χ3n) is 1.32. The minimum Gasteiger partial charge on any atom is -1.00 e. The summed E-state index contributed by atoms with van der Waals surface area (Å²) in [5.74, 6) is -4.95. The van der Waals surface area contributed by atoms with Gasteiger partial charge in [0, 0.05) is 4.53 Å². The molecule has 0 heterocycles. The fourth-order valence-corrected chi connectivity index (χ4v) is 0.589. The van der Waals surface area contributed by atoms with Crippen LogP contribution in [-0.2, 0) is 23.9 Å². The molecule has 0 aliphatic carbocycles. The van der Waals surface area contributed by atoms with Gasteiger partial charge in [0.25, 0.3) is 0 Å². The normalized spacial score (nSPS) is 10.4. The van der Waals surface area contributed by atoms with Crippen LogP contribution >= 0.6 is 7.82 Å². The van der Waals surface area contributed by atoms with Crippen molar-refractivity contribution in [2.24, 2.45) is 0 Å². The van der Waals surface area contributed by atoms with Gasteiger partial charge in [-0.2, -0.15) is 0 Å². The van der Waals surface area contributed by atoms with Gasteiger partial charge in [-0.05, 0) is 13.8 Å². The van der Waals surface area contributed by atoms with Crippen LogP contribution in [0.4, 0.5) is 8.92 Å². The molecule has 18 heavy (non-hydrogen) atoms. The zero-order valence-electron chi connectivity index (χ0n) is 10.6. The van der Waals surface area contributed by atoms with Crippen LogP contribution < -0.4 is 18.9 Å². The Bertz CT molecular complexity index is 350. The van der Waals surface area contributed by atoms with Gasteiger partial charge in [-0.15, -0.1) is 0 Å². The molecule has 0 fully saturated rings. The number of carbonyl (C=O) groups is 3. The Morgan fingerprint density at radius 3 is 1.44 bits per heavy atom. The molecule has 0 atom stereocenters. The number of Topliss-reactive ketones (excluding diaryl/α,β-unsaturated/α-hetero) is 2. The first-order valence-corrected chi connectivity index (χ1v) is 5.26. The van der Waals surface area contributed by atoms with Crippen molar-refractivity contribution in [1.29, 1.82) is 0 Å². The van der Waals surface area contributed by atoms with Crippen LogP contribution in [0, 0.1) is 0 Å². The monoisotopic (exact) mass is 286 g/mol. The van der Waals surface area contributed by atoms with E-state index in [4.69, 9.17) is 19.2 Å². The summed E-state index contributed by atoms with van der Waals surface area (Å²) in [6.07, 6.45) is 0. The van der Waals surface area contributed by atoms with Crippen molar-refractivity contribution in [2.45, 2.75) is 19.5 Å². The third kappa shape index (κ3) is 8.47. The fourth-order valence-electron chi connectivity index (χ4n) is 0.589. The van der Waals surface area contributed by atoms with Gasteiger partial charge < -0.3 is 16.1 Å². The summed E-state index contributed by atoms with van der Waals surface area (Å²) in [6, 6.07) is 0. The maximum absolute atomic E-state index is 13.0. The van der Waals surface area contributed by atoms with Crippen LogP contribution in [0.1, 0.15) is 15.3 Å². The second-order valence-corrected chi connectivity index (χ2v) is 3.68. The van der Waals surface area contributed by atoms with Crippen molar-refractivity contribution in [1.82, 2.24) is 0 Å². The Kier molecular flexibility index (Phi) is 10.6. The number of rotatable bonds is 3. The van der Waals surface area contributed by atoms with Gasteiger partial charge in [-0.25, -0.2) is 13.8 Å². The van der Waals surface area contributed by atoms with Crippen molar-refractivity contribution in [2.75, 3.05) is 0 Å². The zero-order chi connectivity index (χ0) is 14.4. The van der Waals surface area contributed by atoms with Crippen molar-refractivity contribution in [3.05, 3.63) is 0 Å². The third-order valence-corrected chi connectivity index (χ3v) is 1.32. The number of halogens is 2. The van der Waals surface area contributed by atoms with Crippen molar-refractivity contribution in [3.63, 3.8) is 0 Å². The summed E-state index contributed by atoms with van der Waals surface area (Å²) in [6.45, 7) is 1.30. The van der Waals surface area contributed by atoms with E-state index in [0.29, 0.717) is 13.8 Å². The maximum atomic E-state index is 13.0. The van der Waals surface area contributed by atoms with E-state index in [9.17, 15) is 23.3 Å². The maximum Gasteiger partial charge on any atom is 1.00 e. The average molecular weight is 286 g/mol. The number of alkyl halides is 1. The van der Waals surface area contributed by atoms with E-state index in [1.165, 1.54) is 0 Å². The summed E-state index contributed by atoms with van der Waals surface area (Å²) >= 11 is 0. The molecule has 12 heteroatoms. The molecule has 0 spiro atoms. The van der Waals surface area contributed by atoms with Crippen LogP contribution in [0.15, 0.2) is 0 Å². The van der Waals surface area contributed by atoms with Crippen LogP contribution in [0.3, 0.4) is 0 Å². The molecule has 0 aromatic carbocycles. The molecule has 0 saturated heterocycles. The SMILES string of the molecule is CC(=O)C(F)(C(C)=O)C(=O)OF.O=P(O)(O)O.[H-].[Li+]. The molecule has 0 aromatic heterocycles. The van der Waals surface area contributed by atoms with Crippen LogP contribution in [0.5, 0.6) is 0 Å². The molecule has 0 amide bonds. The predicted octanol–water partition coefficient (Wildman–Crippen LogP) is -3.51. The van der Waals surface area contributed by atoms with E-state index in [1.807, 2.05) is 0 Å². The molecule has 0 aliphatic rings. The Morgan fingerprint density at radius 2 is 1.39 bits per heavy atom. The number of hydrogen-bond donors (Lipinski definition) is 3. The molecular formula is C6H10F2LiO8P. The quantitative estimate of drug-likeness (QED) is 0.276. The van der Waals surface area contributed by atoms with Crippen molar-refractivity contribution < 1.29 is 67.8 Å². The summed E-state index contributed by atoms with van der Waals surface area (Å²) < 4.78 is 33.1. The minimum absolute atomic E-state index is 0. The zero-order valence-corrected chi connectivity index (χ0v) is 10.5. The summed E-state index contributed by atoms with van der Waals surface area (Å²) in [7, 11) is -4.64. The summed E-state index contributed by atoms with van der Waals surface area (Å²) in [4.78, 5) is 55.2. The fraction of sp³-hybridized carbons (Fsp3) is 0.500. The Labute approximate surface area is 113 Å². The topological polar surface area (TPSA) is 138 Å². The molecule has 0 radical (unpaired) electrons. The van der Waals surface area contributed by atoms with Crippen molar-refractivity contribution >= 4 is 25.4 Å². The van der Waals surface area contributed by atoms with E-state index in [1.54, 1.807) is 0 Å². The first kappa shape index (κ1) is 22.5. The second kappa shape index (κ2) is 8.47. The molecule has 0 aromatic rings. The van der Waals surface area contributed by atoms with E-state index >= 15 is 0 Å². The van der Waals surface area contributed by atoms with Gasteiger partial charge in [0.2, 0.25) is 0 Å². The van der Waals surface area contributed by atoms with Crippen molar-refractivity contribution in [3.8, 4) is 0 Å². The van der Waals surface area contributed by atoms with Crippen LogP contribution in [-0.4, -0.2) is 37.9 Å². The molecule has 0 unspecified atom stereocenters. The number of carbonyl (C=O) groups excluding carboxylic acids is 3. The molecule has 0 rings (SSSR count). The molecule has 0 aliphatic heterocycles. The molecule has 8 nitrogen and oxygen atoms in total. The smallest absolute Gasteiger partial charge is 1.00 e. The summed E-state index contributed by atoms with van der Waals surface area (Å²) in [5.41, 5.74) is -3.51. The molecule has 102 valence electrons. The first-order valence-electron chi connectivity index (χ1n) is 3.69. The van der Waals surface area contributed by atoms with Gasteiger partial charge in [-0.3, -0.25) is 14.5 Å². The Balaban J connectivity index is -0.000000139. The van der Waals surface area contributed by atoms with Gasteiger partial charge in [-0.1, -0.05) is 0 Å². The standard InChI is InChI=1S/C6H6F2O4.Li.H3O4P.H/c1-3(9)6(7,4(2)10)5(11)12-8;;1-5(2,3)4;/h1-2H3;;(H3,1,2,3,4);/q;+1;;-1. The number of phosphoric acid groups is 1. The van der Waals surface area contributed by atoms with Gasteiger partial charge in [0.05, 0.1) is 0 Å². The van der Waals surface area contributed by atoms with Gasteiger partial charge in [0.15, 0.2) is 11.6 Å². The molecule has 3 N–H and O–H groups in total. The van der Waals surface area contributed by atoms with E-state index in [2.05, 4.69) is 4.94 Å². The molecule has 0 saturated carbocycles. The minimum atomic E-state index is -4.64. The number of ketones is 2. The largest absolute Gasteiger partial charge is 1.00 e. The van der Waals surface area contributed by atoms with E-state index < -0.39 is 31.0 Å². The van der Waals surface area contributed by atoms with Gasteiger partial charge in [0.1, 0.15) is 0 Å². The van der Waals surface area contributed by atoms with E-state index in [-0.39, 0.29) is 20.3 Å². The van der Waals surface area contributed by atoms with E-state index in [0.717, 1.165) is 0 Å². The van der Waals surface area contributed by atoms with Crippen LogP contribution in [0.2, 0.25) is 0 Å². The second-order valence-electron chi connectivity index (χ2n) is 2.65. The first-order chi connectivity index (χ1) is 7.37. The number of hydrogen-bond acceptors (Lipinski definition) is 5. The Morgan fingerprint density at radius 1 is 1.17 bits per heavy atom. The summed E-state index contributed by atoms with van der Waals surface area (Å²) in [5, 5.41) is 0.